The molecule has 0 saturated carbocycles. The maximum Gasteiger partial charge on any atom is 0.273 e. The van der Waals surface area contributed by atoms with E-state index in [2.05, 4.69) is 48.3 Å². The number of nitrogens with zero attached hydrogens (tertiary/aromatic N) is 2. The van der Waals surface area contributed by atoms with Crippen molar-refractivity contribution in [3.05, 3.63) is 106 Å². The third kappa shape index (κ3) is 4.56. The van der Waals surface area contributed by atoms with Crippen LogP contribution in [0, 0.1) is 6.92 Å². The van der Waals surface area contributed by atoms with Crippen molar-refractivity contribution in [1.82, 2.24) is 15.1 Å². The number of fused-ring (bicyclic) bond motifs is 1. The average Bonchev–Trinajstić information content (AvgIpc) is 3.41. The van der Waals surface area contributed by atoms with Gasteiger partial charge in [-0.3, -0.25) is 9.89 Å². The van der Waals surface area contributed by atoms with E-state index < -0.39 is 0 Å². The summed E-state index contributed by atoms with van der Waals surface area (Å²) in [6.45, 7) is 5.29. The highest BCUT2D eigenvalue weighted by Gasteiger charge is 2.42. The number of aromatic amines is 1. The van der Waals surface area contributed by atoms with Crippen molar-refractivity contribution in [1.29, 1.82) is 0 Å². The molecule has 6 heteroatoms. The molecule has 1 aliphatic heterocycles. The molecule has 0 aliphatic carbocycles. The zero-order chi connectivity index (χ0) is 24.4. The van der Waals surface area contributed by atoms with Gasteiger partial charge in [-0.05, 0) is 42.7 Å². The van der Waals surface area contributed by atoms with Crippen LogP contribution in [0.1, 0.15) is 58.5 Å². The van der Waals surface area contributed by atoms with Gasteiger partial charge in [0.1, 0.15) is 11.4 Å². The second-order valence-electron chi connectivity index (χ2n) is 8.92. The Morgan fingerprint density at radius 1 is 1.03 bits per heavy atom. The predicted molar refractivity (Wildman–Crippen MR) is 139 cm³/mol. The van der Waals surface area contributed by atoms with Crippen molar-refractivity contribution in [2.24, 2.45) is 0 Å². The molecule has 1 N–H and O–H groups in total. The minimum absolute atomic E-state index is 0.0842. The molecule has 1 amide bonds. The highest BCUT2D eigenvalue weighted by Crippen LogP contribution is 2.44. The summed E-state index contributed by atoms with van der Waals surface area (Å²) < 4.78 is 5.87. The lowest BCUT2D eigenvalue weighted by Gasteiger charge is -2.27. The molecule has 4 aromatic rings. The first kappa shape index (κ1) is 23.2. The highest BCUT2D eigenvalue weighted by atomic mass is 35.5. The number of aryl methyl sites for hydroxylation is 1. The predicted octanol–water partition coefficient (Wildman–Crippen LogP) is 6.96. The Labute approximate surface area is 210 Å². The summed E-state index contributed by atoms with van der Waals surface area (Å²) >= 11 is 6.48. The fourth-order valence-corrected chi connectivity index (χ4v) is 4.72. The SMILES string of the molecule is CCCCOc1ccc(C2c3c(-c4ccc(C)cc4)n[nH]c3C(=O)N2Cc2ccccc2Cl)cc1. The molecule has 0 fully saturated rings. The number of halogens is 1. The molecule has 2 heterocycles. The molecule has 1 atom stereocenters. The maximum atomic E-state index is 13.6. The van der Waals surface area contributed by atoms with Crippen molar-refractivity contribution in [3.63, 3.8) is 0 Å². The molecular weight excluding hydrogens is 458 g/mol. The lowest BCUT2D eigenvalue weighted by molar-refractivity contribution is 0.0730. The van der Waals surface area contributed by atoms with Gasteiger partial charge in [0.05, 0.1) is 18.3 Å². The van der Waals surface area contributed by atoms with Gasteiger partial charge in [0.25, 0.3) is 5.91 Å². The topological polar surface area (TPSA) is 58.2 Å². The Morgan fingerprint density at radius 2 is 1.77 bits per heavy atom. The van der Waals surface area contributed by atoms with E-state index in [-0.39, 0.29) is 11.9 Å². The third-order valence-electron chi connectivity index (χ3n) is 6.45. The minimum atomic E-state index is -0.298. The summed E-state index contributed by atoms with van der Waals surface area (Å²) in [5.41, 5.74) is 6.27. The molecule has 1 unspecified atom stereocenters. The average molecular weight is 486 g/mol. The van der Waals surface area contributed by atoms with Crippen LogP contribution < -0.4 is 4.74 Å². The molecule has 1 aliphatic rings. The number of H-pyrrole nitrogens is 1. The highest BCUT2D eigenvalue weighted by molar-refractivity contribution is 6.31. The van der Waals surface area contributed by atoms with Crippen LogP contribution >= 0.6 is 11.6 Å². The van der Waals surface area contributed by atoms with Crippen LogP contribution in [0.4, 0.5) is 0 Å². The molecule has 35 heavy (non-hydrogen) atoms. The summed E-state index contributed by atoms with van der Waals surface area (Å²) in [7, 11) is 0. The Morgan fingerprint density at radius 3 is 2.49 bits per heavy atom. The van der Waals surface area contributed by atoms with Gasteiger partial charge in [0, 0.05) is 22.7 Å². The van der Waals surface area contributed by atoms with Gasteiger partial charge < -0.3 is 9.64 Å². The maximum absolute atomic E-state index is 13.6. The van der Waals surface area contributed by atoms with Crippen molar-refractivity contribution in [2.45, 2.75) is 39.3 Å². The minimum Gasteiger partial charge on any atom is -0.494 e. The van der Waals surface area contributed by atoms with Gasteiger partial charge in [-0.15, -0.1) is 0 Å². The number of rotatable bonds is 8. The second kappa shape index (κ2) is 9.96. The smallest absolute Gasteiger partial charge is 0.273 e. The van der Waals surface area contributed by atoms with Crippen molar-refractivity contribution in [2.75, 3.05) is 6.61 Å². The van der Waals surface area contributed by atoms with Crippen LogP contribution in [-0.4, -0.2) is 27.6 Å². The lowest BCUT2D eigenvalue weighted by Crippen LogP contribution is -2.29. The van der Waals surface area contributed by atoms with E-state index in [0.717, 1.165) is 46.5 Å². The number of amides is 1. The Balaban J connectivity index is 1.56. The first-order chi connectivity index (χ1) is 17.1. The van der Waals surface area contributed by atoms with E-state index in [1.165, 1.54) is 5.56 Å². The summed E-state index contributed by atoms with van der Waals surface area (Å²) in [6, 6.07) is 23.6. The van der Waals surface area contributed by atoms with Crippen molar-refractivity contribution < 1.29 is 9.53 Å². The third-order valence-corrected chi connectivity index (χ3v) is 6.82. The van der Waals surface area contributed by atoms with E-state index in [1.54, 1.807) is 0 Å². The number of hydrogen-bond acceptors (Lipinski definition) is 3. The number of aromatic nitrogens is 2. The molecule has 0 spiro atoms. The molecule has 1 aromatic heterocycles. The van der Waals surface area contributed by atoms with Gasteiger partial charge in [0.15, 0.2) is 0 Å². The van der Waals surface area contributed by atoms with Crippen LogP contribution in [0.15, 0.2) is 72.8 Å². The van der Waals surface area contributed by atoms with Gasteiger partial charge in [-0.25, -0.2) is 0 Å². The van der Waals surface area contributed by atoms with Crippen LogP contribution in [0.25, 0.3) is 11.3 Å². The van der Waals surface area contributed by atoms with Crippen molar-refractivity contribution >= 4 is 17.5 Å². The van der Waals surface area contributed by atoms with Gasteiger partial charge in [0.2, 0.25) is 0 Å². The van der Waals surface area contributed by atoms with Crippen LogP contribution in [0.3, 0.4) is 0 Å². The number of ether oxygens (including phenoxy) is 1. The van der Waals surface area contributed by atoms with E-state index in [1.807, 2.05) is 53.4 Å². The molecule has 5 rings (SSSR count). The molecule has 0 saturated heterocycles. The zero-order valence-corrected chi connectivity index (χ0v) is 20.7. The molecule has 5 nitrogen and oxygen atoms in total. The van der Waals surface area contributed by atoms with E-state index in [4.69, 9.17) is 16.3 Å². The van der Waals surface area contributed by atoms with Gasteiger partial charge >= 0.3 is 0 Å². The number of hydrogen-bond donors (Lipinski definition) is 1. The molecular formula is C29H28ClN3O2. The quantitative estimate of drug-likeness (QED) is 0.274. The van der Waals surface area contributed by atoms with E-state index in [0.29, 0.717) is 23.9 Å². The second-order valence-corrected chi connectivity index (χ2v) is 9.33. The monoisotopic (exact) mass is 485 g/mol. The van der Waals surface area contributed by atoms with E-state index >= 15 is 0 Å². The number of unbranched alkanes of at least 4 members (excludes halogenated alkanes) is 1. The van der Waals surface area contributed by atoms with Crippen molar-refractivity contribution in [3.8, 4) is 17.0 Å². The van der Waals surface area contributed by atoms with Gasteiger partial charge in [-0.2, -0.15) is 5.10 Å². The number of benzene rings is 3. The summed E-state index contributed by atoms with van der Waals surface area (Å²) in [4.78, 5) is 15.5. The zero-order valence-electron chi connectivity index (χ0n) is 19.9. The molecule has 0 bridgehead atoms. The Kier molecular flexibility index (Phi) is 6.60. The largest absolute Gasteiger partial charge is 0.494 e. The molecule has 178 valence electrons. The summed E-state index contributed by atoms with van der Waals surface area (Å²) in [6.07, 6.45) is 2.10. The molecule has 0 radical (unpaired) electrons. The fourth-order valence-electron chi connectivity index (χ4n) is 4.53. The summed E-state index contributed by atoms with van der Waals surface area (Å²) in [5.74, 6) is 0.745. The standard InChI is InChI=1S/C29H28ClN3O2/c1-3-4-17-35-23-15-13-21(14-16-23)28-25-26(20-11-9-19(2)10-12-20)31-32-27(25)29(34)33(28)18-22-7-5-6-8-24(22)30/h5-16,28H,3-4,17-18H2,1-2H3,(H,31,32). The normalized spacial score (nSPS) is 14.9. The Hall–Kier alpha value is -3.57. The van der Waals surface area contributed by atoms with Gasteiger partial charge in [-0.1, -0.05) is 85.1 Å². The van der Waals surface area contributed by atoms with Crippen LogP contribution in [0.5, 0.6) is 5.75 Å². The fraction of sp³-hybridized carbons (Fsp3) is 0.241. The van der Waals surface area contributed by atoms with E-state index in [9.17, 15) is 4.79 Å². The number of carbonyl (C=O) groups excluding carboxylic acids is 1. The lowest BCUT2D eigenvalue weighted by atomic mass is 9.95. The number of nitrogens with one attached hydrogen (secondary N) is 1. The number of carbonyl (C=O) groups is 1. The first-order valence-corrected chi connectivity index (χ1v) is 12.4. The van der Waals surface area contributed by atoms with Crippen LogP contribution in [0.2, 0.25) is 5.02 Å². The summed E-state index contributed by atoms with van der Waals surface area (Å²) in [5, 5.41) is 8.24. The van der Waals surface area contributed by atoms with Crippen LogP contribution in [-0.2, 0) is 6.54 Å². The molecule has 3 aromatic carbocycles. The first-order valence-electron chi connectivity index (χ1n) is 12.0. The Bertz CT molecular complexity index is 1330.